The maximum absolute atomic E-state index is 13.0. The fourth-order valence-electron chi connectivity index (χ4n) is 3.24. The number of nitrogens with zero attached hydrogens (tertiary/aromatic N) is 3. The molecule has 0 radical (unpaired) electrons. The van der Waals surface area contributed by atoms with Gasteiger partial charge in [0.2, 0.25) is 11.0 Å². The molecule has 186 valence electrons. The van der Waals surface area contributed by atoms with Gasteiger partial charge in [0.05, 0.1) is 12.7 Å². The van der Waals surface area contributed by atoms with Crippen LogP contribution >= 0.6 is 11.3 Å². The molecule has 1 aromatic heterocycles. The van der Waals surface area contributed by atoms with Crippen molar-refractivity contribution in [3.8, 4) is 16.3 Å². The lowest BCUT2D eigenvalue weighted by atomic mass is 10.1. The van der Waals surface area contributed by atoms with E-state index in [-0.39, 0.29) is 35.8 Å². The Bertz CT molecular complexity index is 1150. The molecule has 0 saturated carbocycles. The number of ether oxygens (including phenoxy) is 1. The van der Waals surface area contributed by atoms with Gasteiger partial charge in [0.1, 0.15) is 10.8 Å². The number of anilines is 1. The van der Waals surface area contributed by atoms with Gasteiger partial charge >= 0.3 is 6.18 Å². The summed E-state index contributed by atoms with van der Waals surface area (Å²) in [6.07, 6.45) is -4.37. The molecule has 0 atom stereocenters. The van der Waals surface area contributed by atoms with Gasteiger partial charge in [-0.25, -0.2) is 0 Å². The summed E-state index contributed by atoms with van der Waals surface area (Å²) in [5.41, 5.74) is 0.204. The molecule has 2 amide bonds. The average Bonchev–Trinajstić information content (AvgIpc) is 3.29. The van der Waals surface area contributed by atoms with Crippen molar-refractivity contribution in [1.29, 1.82) is 0 Å². The van der Waals surface area contributed by atoms with Crippen LogP contribution in [0, 0.1) is 5.92 Å². The van der Waals surface area contributed by atoms with Crippen molar-refractivity contribution < 1.29 is 27.5 Å². The first-order chi connectivity index (χ1) is 16.6. The van der Waals surface area contributed by atoms with Crippen LogP contribution < -0.4 is 10.1 Å². The van der Waals surface area contributed by atoms with Crippen molar-refractivity contribution in [1.82, 2.24) is 15.1 Å². The number of hydrogen-bond acceptors (Lipinski definition) is 6. The van der Waals surface area contributed by atoms with Crippen LogP contribution in [0.1, 0.15) is 36.2 Å². The van der Waals surface area contributed by atoms with Crippen LogP contribution in [-0.2, 0) is 11.0 Å². The fraction of sp³-hybridized carbons (Fsp3) is 0.333. The predicted octanol–water partition coefficient (Wildman–Crippen LogP) is 5.36. The Balaban J connectivity index is 1.60. The Morgan fingerprint density at radius 2 is 1.71 bits per heavy atom. The number of benzene rings is 2. The fourth-order valence-corrected chi connectivity index (χ4v) is 4.01. The zero-order chi connectivity index (χ0) is 25.6. The number of methoxy groups -OCH3 is 1. The van der Waals surface area contributed by atoms with Crippen LogP contribution in [0.3, 0.4) is 0 Å². The van der Waals surface area contributed by atoms with Gasteiger partial charge < -0.3 is 15.0 Å². The summed E-state index contributed by atoms with van der Waals surface area (Å²) in [5.74, 6) is 0.310. The van der Waals surface area contributed by atoms with E-state index in [1.165, 1.54) is 12.1 Å². The molecule has 0 fully saturated rings. The van der Waals surface area contributed by atoms with Crippen LogP contribution in [0.4, 0.5) is 18.3 Å². The van der Waals surface area contributed by atoms with E-state index in [9.17, 15) is 22.8 Å². The normalized spacial score (nSPS) is 11.4. The van der Waals surface area contributed by atoms with Crippen molar-refractivity contribution in [3.63, 3.8) is 0 Å². The molecule has 0 aliphatic carbocycles. The maximum atomic E-state index is 13.0. The van der Waals surface area contributed by atoms with Gasteiger partial charge in [-0.2, -0.15) is 13.2 Å². The number of aromatic nitrogens is 2. The van der Waals surface area contributed by atoms with Crippen LogP contribution in [0.25, 0.3) is 10.6 Å². The van der Waals surface area contributed by atoms with Gasteiger partial charge in [-0.3, -0.25) is 9.59 Å². The lowest BCUT2D eigenvalue weighted by molar-refractivity contribution is -0.137. The van der Waals surface area contributed by atoms with Crippen LogP contribution in [0.5, 0.6) is 5.75 Å². The minimum absolute atomic E-state index is 0.0454. The van der Waals surface area contributed by atoms with Crippen molar-refractivity contribution >= 4 is 28.3 Å². The predicted molar refractivity (Wildman–Crippen MR) is 127 cm³/mol. The molecule has 1 N–H and O–H groups in total. The molecule has 0 aliphatic heterocycles. The summed E-state index contributed by atoms with van der Waals surface area (Å²) in [5, 5.41) is 11.1. The van der Waals surface area contributed by atoms with Crippen molar-refractivity contribution in [3.05, 3.63) is 59.7 Å². The highest BCUT2D eigenvalue weighted by atomic mass is 32.1. The second-order valence-corrected chi connectivity index (χ2v) is 9.14. The molecule has 0 bridgehead atoms. The Morgan fingerprint density at radius 3 is 2.29 bits per heavy atom. The summed E-state index contributed by atoms with van der Waals surface area (Å²) in [6, 6.07) is 11.3. The zero-order valence-corrected chi connectivity index (χ0v) is 20.2. The quantitative estimate of drug-likeness (QED) is 0.422. The minimum Gasteiger partial charge on any atom is -0.497 e. The molecule has 1 heterocycles. The molecule has 3 aromatic rings. The first kappa shape index (κ1) is 26.1. The number of hydrogen-bond donors (Lipinski definition) is 1. The molecular weight excluding hydrogens is 481 g/mol. The van der Waals surface area contributed by atoms with Gasteiger partial charge in [-0.05, 0) is 42.3 Å². The van der Waals surface area contributed by atoms with E-state index in [4.69, 9.17) is 4.74 Å². The second-order valence-electron chi connectivity index (χ2n) is 8.16. The van der Waals surface area contributed by atoms with Crippen molar-refractivity contribution in [2.45, 2.75) is 26.4 Å². The molecule has 0 saturated heterocycles. The summed E-state index contributed by atoms with van der Waals surface area (Å²) in [7, 11) is 1.55. The third-order valence-electron chi connectivity index (χ3n) is 4.95. The highest BCUT2D eigenvalue weighted by Crippen LogP contribution is 2.32. The summed E-state index contributed by atoms with van der Waals surface area (Å²) >= 11 is 1.05. The third-order valence-corrected chi connectivity index (χ3v) is 5.84. The highest BCUT2D eigenvalue weighted by molar-refractivity contribution is 7.18. The van der Waals surface area contributed by atoms with Crippen LogP contribution in [0.2, 0.25) is 0 Å². The van der Waals surface area contributed by atoms with Gasteiger partial charge in [-0.1, -0.05) is 37.3 Å². The molecule has 0 spiro atoms. The number of amides is 2. The maximum Gasteiger partial charge on any atom is 0.416 e. The number of halogens is 3. The molecule has 7 nitrogen and oxygen atoms in total. The first-order valence-electron chi connectivity index (χ1n) is 10.8. The Hall–Kier alpha value is -3.47. The lowest BCUT2D eigenvalue weighted by Crippen LogP contribution is -2.36. The molecule has 0 unspecified atom stereocenters. The standard InChI is InChI=1S/C24H25F3N4O3S/c1-15(2)14-31(22(33)17-6-10-19(34-3)11-7-17)13-12-20(32)28-23-30-29-21(35-23)16-4-8-18(9-5-16)24(25,26)27/h4-11,15H,12-14H2,1-3H3,(H,28,30,32). The monoisotopic (exact) mass is 506 g/mol. The topological polar surface area (TPSA) is 84.4 Å². The van der Waals surface area contributed by atoms with Gasteiger partial charge in [0.25, 0.3) is 5.91 Å². The number of carbonyl (C=O) groups excluding carboxylic acids is 2. The van der Waals surface area contributed by atoms with Crippen LogP contribution in [-0.4, -0.2) is 47.1 Å². The summed E-state index contributed by atoms with van der Waals surface area (Å²) < 4.78 is 43.4. The van der Waals surface area contributed by atoms with E-state index in [1.807, 2.05) is 13.8 Å². The molecule has 0 aliphatic rings. The molecule has 3 rings (SSSR count). The second kappa shape index (κ2) is 11.3. The van der Waals surface area contributed by atoms with E-state index in [0.717, 1.165) is 23.5 Å². The van der Waals surface area contributed by atoms with E-state index in [0.29, 0.717) is 28.4 Å². The number of nitrogens with one attached hydrogen (secondary N) is 1. The van der Waals surface area contributed by atoms with E-state index in [1.54, 1.807) is 36.3 Å². The molecule has 2 aromatic carbocycles. The number of rotatable bonds is 9. The van der Waals surface area contributed by atoms with Gasteiger partial charge in [0, 0.05) is 30.6 Å². The Labute approximate surface area is 204 Å². The SMILES string of the molecule is COc1ccc(C(=O)N(CCC(=O)Nc2nnc(-c3ccc(C(F)(F)F)cc3)s2)CC(C)C)cc1. The van der Waals surface area contributed by atoms with Crippen LogP contribution in [0.15, 0.2) is 48.5 Å². The van der Waals surface area contributed by atoms with Crippen molar-refractivity contribution in [2.75, 3.05) is 25.5 Å². The van der Waals surface area contributed by atoms with Gasteiger partial charge in [-0.15, -0.1) is 10.2 Å². The zero-order valence-electron chi connectivity index (χ0n) is 19.4. The van der Waals surface area contributed by atoms with Crippen molar-refractivity contribution in [2.24, 2.45) is 5.92 Å². The van der Waals surface area contributed by atoms with Gasteiger partial charge in [0.15, 0.2) is 0 Å². The number of carbonyl (C=O) groups is 2. The molecular formula is C24H25F3N4O3S. The van der Waals surface area contributed by atoms with E-state index < -0.39 is 11.7 Å². The first-order valence-corrected chi connectivity index (χ1v) is 11.6. The molecule has 11 heteroatoms. The summed E-state index contributed by atoms with van der Waals surface area (Å²) in [4.78, 5) is 27.1. The van der Waals surface area contributed by atoms with E-state index >= 15 is 0 Å². The Morgan fingerprint density at radius 1 is 1.06 bits per heavy atom. The smallest absolute Gasteiger partial charge is 0.416 e. The Kier molecular flexibility index (Phi) is 8.44. The third kappa shape index (κ3) is 7.25. The lowest BCUT2D eigenvalue weighted by Gasteiger charge is -2.24. The number of alkyl halides is 3. The highest BCUT2D eigenvalue weighted by Gasteiger charge is 2.30. The van der Waals surface area contributed by atoms with E-state index in [2.05, 4.69) is 15.5 Å². The largest absolute Gasteiger partial charge is 0.497 e. The molecule has 35 heavy (non-hydrogen) atoms. The summed E-state index contributed by atoms with van der Waals surface area (Å²) in [6.45, 7) is 4.66. The minimum atomic E-state index is -4.42. The average molecular weight is 507 g/mol.